The molecule has 48 heavy (non-hydrogen) atoms. The molecule has 0 saturated carbocycles. The van der Waals surface area contributed by atoms with Crippen molar-refractivity contribution in [1.29, 1.82) is 0 Å². The second kappa shape index (κ2) is 10.6. The van der Waals surface area contributed by atoms with Gasteiger partial charge in [0.15, 0.2) is 0 Å². The fourth-order valence-corrected chi connectivity index (χ4v) is 7.70. The molecular formula is C46H28N2. The zero-order chi connectivity index (χ0) is 31.6. The van der Waals surface area contributed by atoms with Crippen LogP contribution in [0.3, 0.4) is 0 Å². The molecule has 2 nitrogen and oxygen atoms in total. The highest BCUT2D eigenvalue weighted by Crippen LogP contribution is 2.45. The predicted octanol–water partition coefficient (Wildman–Crippen LogP) is 12.4. The maximum absolute atomic E-state index is 5.27. The van der Waals surface area contributed by atoms with Gasteiger partial charge in [-0.05, 0) is 84.9 Å². The number of hydrogen-bond donors (Lipinski definition) is 0. The smallest absolute Gasteiger partial charge is 0.0723 e. The molecule has 0 spiro atoms. The Bertz CT molecular complexity index is 2830. The Labute approximate surface area is 277 Å². The average Bonchev–Trinajstić information content (AvgIpc) is 3.16. The van der Waals surface area contributed by atoms with Gasteiger partial charge >= 0.3 is 0 Å². The molecule has 2 heterocycles. The van der Waals surface area contributed by atoms with Gasteiger partial charge in [0.2, 0.25) is 0 Å². The van der Waals surface area contributed by atoms with Crippen molar-refractivity contribution in [3.8, 4) is 33.5 Å². The van der Waals surface area contributed by atoms with Crippen LogP contribution in [0.1, 0.15) is 0 Å². The van der Waals surface area contributed by atoms with Crippen molar-refractivity contribution >= 4 is 65.0 Å². The van der Waals surface area contributed by atoms with Gasteiger partial charge in [0.1, 0.15) is 0 Å². The van der Waals surface area contributed by atoms with Gasteiger partial charge in [0.25, 0.3) is 0 Å². The zero-order valence-electron chi connectivity index (χ0n) is 26.1. The molecule has 0 amide bonds. The summed E-state index contributed by atoms with van der Waals surface area (Å²) in [5.41, 5.74) is 9.88. The summed E-state index contributed by atoms with van der Waals surface area (Å²) < 4.78 is 0. The van der Waals surface area contributed by atoms with Crippen LogP contribution < -0.4 is 0 Å². The van der Waals surface area contributed by atoms with Crippen molar-refractivity contribution in [3.05, 3.63) is 170 Å². The summed E-state index contributed by atoms with van der Waals surface area (Å²) in [5.74, 6) is 0. The largest absolute Gasteiger partial charge is 0.248 e. The van der Waals surface area contributed by atoms with E-state index in [0.717, 1.165) is 49.5 Å². The molecule has 2 aromatic heterocycles. The lowest BCUT2D eigenvalue weighted by atomic mass is 9.85. The molecule has 0 aliphatic rings. The van der Waals surface area contributed by atoms with Gasteiger partial charge in [-0.1, -0.05) is 140 Å². The Kier molecular flexibility index (Phi) is 5.91. The van der Waals surface area contributed by atoms with Crippen molar-refractivity contribution in [3.63, 3.8) is 0 Å². The number of para-hydroxylation sites is 1. The van der Waals surface area contributed by atoms with Gasteiger partial charge in [0.05, 0.1) is 22.2 Å². The molecule has 10 aromatic rings. The van der Waals surface area contributed by atoms with Crippen LogP contribution in [0.4, 0.5) is 0 Å². The van der Waals surface area contributed by atoms with Gasteiger partial charge in [-0.2, -0.15) is 0 Å². The first kappa shape index (κ1) is 26.8. The average molecular weight is 609 g/mol. The van der Waals surface area contributed by atoms with Crippen LogP contribution in [0.5, 0.6) is 0 Å². The summed E-state index contributed by atoms with van der Waals surface area (Å²) in [5, 5.41) is 10.7. The maximum Gasteiger partial charge on any atom is 0.0723 e. The molecule has 0 atom stereocenters. The molecule has 10 rings (SSSR count). The Morgan fingerprint density at radius 2 is 0.854 bits per heavy atom. The number of fused-ring (bicyclic) bond motifs is 7. The second-order valence-corrected chi connectivity index (χ2v) is 12.5. The van der Waals surface area contributed by atoms with E-state index >= 15 is 0 Å². The van der Waals surface area contributed by atoms with Crippen LogP contribution >= 0.6 is 0 Å². The molecule has 0 unspecified atom stereocenters. The van der Waals surface area contributed by atoms with Crippen LogP contribution in [0.15, 0.2) is 170 Å². The van der Waals surface area contributed by atoms with E-state index in [4.69, 9.17) is 9.97 Å². The lowest BCUT2D eigenvalue weighted by Crippen LogP contribution is -1.94. The standard InChI is InChI=1S/C46H28N2/c1-2-14-31(15-3-1)43-34-17-7-9-19-36(34)44(37-20-10-8-18-35(37)43)32-24-25-40-38(28-32)46(42-27-23-30-13-5-11-21-39(30)47-42)45-33-16-6-4-12-29(33)22-26-41(45)48-40/h1-28H. The van der Waals surface area contributed by atoms with Crippen LogP contribution in [-0.2, 0) is 0 Å². The third-order valence-corrected chi connectivity index (χ3v) is 9.80. The third-order valence-electron chi connectivity index (χ3n) is 9.80. The normalized spacial score (nSPS) is 11.8. The number of benzene rings is 8. The van der Waals surface area contributed by atoms with Crippen molar-refractivity contribution in [1.82, 2.24) is 9.97 Å². The molecule has 0 fully saturated rings. The quantitative estimate of drug-likeness (QED) is 0.147. The minimum Gasteiger partial charge on any atom is -0.248 e. The molecule has 2 heteroatoms. The lowest BCUT2D eigenvalue weighted by Gasteiger charge is -2.19. The minimum absolute atomic E-state index is 0.953. The highest BCUT2D eigenvalue weighted by molar-refractivity contribution is 6.23. The number of rotatable bonds is 3. The fourth-order valence-electron chi connectivity index (χ4n) is 7.70. The van der Waals surface area contributed by atoms with Crippen LogP contribution in [0.25, 0.3) is 98.5 Å². The van der Waals surface area contributed by atoms with E-state index < -0.39 is 0 Å². The maximum atomic E-state index is 5.27. The molecule has 0 bridgehead atoms. The van der Waals surface area contributed by atoms with Gasteiger partial charge < -0.3 is 0 Å². The summed E-state index contributed by atoms with van der Waals surface area (Å²) in [4.78, 5) is 10.5. The number of aromatic nitrogens is 2. The summed E-state index contributed by atoms with van der Waals surface area (Å²) in [7, 11) is 0. The summed E-state index contributed by atoms with van der Waals surface area (Å²) in [6.07, 6.45) is 0. The van der Waals surface area contributed by atoms with E-state index in [1.165, 1.54) is 49.0 Å². The molecule has 0 radical (unpaired) electrons. The van der Waals surface area contributed by atoms with E-state index in [-0.39, 0.29) is 0 Å². The second-order valence-electron chi connectivity index (χ2n) is 12.5. The first-order valence-corrected chi connectivity index (χ1v) is 16.4. The Morgan fingerprint density at radius 3 is 1.58 bits per heavy atom. The van der Waals surface area contributed by atoms with Gasteiger partial charge in [-0.25, -0.2) is 9.97 Å². The zero-order valence-corrected chi connectivity index (χ0v) is 26.1. The number of hydrogen-bond acceptors (Lipinski definition) is 2. The first-order valence-electron chi connectivity index (χ1n) is 16.4. The number of pyridine rings is 2. The Hall–Kier alpha value is -6.38. The highest BCUT2D eigenvalue weighted by Gasteiger charge is 2.20. The molecule has 0 aliphatic carbocycles. The molecule has 0 saturated heterocycles. The van der Waals surface area contributed by atoms with Crippen molar-refractivity contribution in [2.45, 2.75) is 0 Å². The molecule has 0 aliphatic heterocycles. The summed E-state index contributed by atoms with van der Waals surface area (Å²) in [6.45, 7) is 0. The van der Waals surface area contributed by atoms with Crippen molar-refractivity contribution in [2.75, 3.05) is 0 Å². The summed E-state index contributed by atoms with van der Waals surface area (Å²) in [6, 6.07) is 60.9. The van der Waals surface area contributed by atoms with Crippen LogP contribution in [0, 0.1) is 0 Å². The fraction of sp³-hybridized carbons (Fsp3) is 0. The third kappa shape index (κ3) is 4.06. The van der Waals surface area contributed by atoms with E-state index in [0.29, 0.717) is 0 Å². The van der Waals surface area contributed by atoms with Crippen molar-refractivity contribution < 1.29 is 0 Å². The minimum atomic E-state index is 0.953. The summed E-state index contributed by atoms with van der Waals surface area (Å²) >= 11 is 0. The van der Waals surface area contributed by atoms with Crippen LogP contribution in [0.2, 0.25) is 0 Å². The van der Waals surface area contributed by atoms with Gasteiger partial charge in [-0.15, -0.1) is 0 Å². The van der Waals surface area contributed by atoms with E-state index in [2.05, 4.69) is 170 Å². The van der Waals surface area contributed by atoms with E-state index in [1.807, 2.05) is 0 Å². The molecule has 8 aromatic carbocycles. The van der Waals surface area contributed by atoms with E-state index in [1.54, 1.807) is 0 Å². The van der Waals surface area contributed by atoms with Crippen LogP contribution in [-0.4, -0.2) is 9.97 Å². The Morgan fingerprint density at radius 1 is 0.292 bits per heavy atom. The number of nitrogens with zero attached hydrogens (tertiary/aromatic N) is 2. The van der Waals surface area contributed by atoms with Crippen molar-refractivity contribution in [2.24, 2.45) is 0 Å². The predicted molar refractivity (Wildman–Crippen MR) is 203 cm³/mol. The molecular weight excluding hydrogens is 581 g/mol. The molecule has 0 N–H and O–H groups in total. The topological polar surface area (TPSA) is 25.8 Å². The van der Waals surface area contributed by atoms with Gasteiger partial charge in [-0.3, -0.25) is 0 Å². The highest BCUT2D eigenvalue weighted by atomic mass is 14.7. The first-order chi connectivity index (χ1) is 23.8. The van der Waals surface area contributed by atoms with E-state index in [9.17, 15) is 0 Å². The lowest BCUT2D eigenvalue weighted by molar-refractivity contribution is 1.41. The van der Waals surface area contributed by atoms with Gasteiger partial charge in [0, 0.05) is 21.7 Å². The Balaban J connectivity index is 1.35. The molecule has 222 valence electrons. The monoisotopic (exact) mass is 608 g/mol. The SMILES string of the molecule is c1ccc(-c2c3ccccc3c(-c3ccc4nc5ccc6ccccc6c5c(-c5ccc6ccccc6n5)c4c3)c3ccccc23)cc1.